The van der Waals surface area contributed by atoms with E-state index in [4.69, 9.17) is 15.5 Å². The van der Waals surface area contributed by atoms with Crippen LogP contribution in [0, 0.1) is 5.92 Å². The van der Waals surface area contributed by atoms with Crippen molar-refractivity contribution in [3.05, 3.63) is 95.9 Å². The average Bonchev–Trinajstić information content (AvgIpc) is 3.66. The van der Waals surface area contributed by atoms with E-state index >= 15 is 0 Å². The van der Waals surface area contributed by atoms with Crippen molar-refractivity contribution < 1.29 is 19.1 Å². The first-order valence-corrected chi connectivity index (χ1v) is 22.7. The van der Waals surface area contributed by atoms with Gasteiger partial charge in [0.1, 0.15) is 23.3 Å². The highest BCUT2D eigenvalue weighted by atomic mass is 16.5. The maximum atomic E-state index is 13.7. The second kappa shape index (κ2) is 18.4. The van der Waals surface area contributed by atoms with Crippen LogP contribution in [0.2, 0.25) is 0 Å². The number of likely N-dealkylation sites (tertiary alicyclic amines) is 2. The van der Waals surface area contributed by atoms with Gasteiger partial charge in [-0.05, 0) is 124 Å². The fraction of sp³-hybridized carbons (Fsp3) is 0.449. The molecule has 0 radical (unpaired) electrons. The molecule has 0 aliphatic carbocycles. The number of carbonyl (C=O) groups excluding carboxylic acids is 3. The van der Waals surface area contributed by atoms with Gasteiger partial charge in [0.15, 0.2) is 0 Å². The van der Waals surface area contributed by atoms with Crippen LogP contribution in [0.1, 0.15) is 79.0 Å². The number of hydrogen-bond donors (Lipinski definition) is 3. The Balaban J connectivity index is 0.718. The zero-order valence-corrected chi connectivity index (χ0v) is 36.8. The van der Waals surface area contributed by atoms with Crippen LogP contribution in [-0.4, -0.2) is 119 Å². The number of fused-ring (bicyclic) bond motifs is 1. The van der Waals surface area contributed by atoms with Crippen molar-refractivity contribution in [1.29, 1.82) is 0 Å². The predicted molar refractivity (Wildman–Crippen MR) is 247 cm³/mol. The third kappa shape index (κ3) is 9.10. The highest BCUT2D eigenvalue weighted by Crippen LogP contribution is 2.37. The van der Waals surface area contributed by atoms with Gasteiger partial charge in [-0.2, -0.15) is 0 Å². The van der Waals surface area contributed by atoms with Gasteiger partial charge in [0.2, 0.25) is 11.8 Å². The molecule has 7 heterocycles. The predicted octanol–water partition coefficient (Wildman–Crippen LogP) is 6.06. The van der Waals surface area contributed by atoms with Crippen LogP contribution in [0.4, 0.5) is 17.2 Å². The van der Waals surface area contributed by atoms with Gasteiger partial charge in [-0.15, -0.1) is 0 Å². The maximum absolute atomic E-state index is 13.7. The molecule has 2 atom stereocenters. The van der Waals surface area contributed by atoms with Crippen LogP contribution in [0.25, 0.3) is 22.2 Å². The number of hydrogen-bond acceptors (Lipinski definition) is 11. The number of benzene rings is 2. The third-order valence-corrected chi connectivity index (χ3v) is 14.1. The molecule has 4 saturated heterocycles. The number of rotatable bonds is 11. The molecule has 3 aromatic heterocycles. The first kappa shape index (κ1) is 42.3. The molecule has 0 spiro atoms. The summed E-state index contributed by atoms with van der Waals surface area (Å²) >= 11 is 0. The van der Waals surface area contributed by atoms with Crippen molar-refractivity contribution in [3.8, 4) is 16.9 Å². The van der Waals surface area contributed by atoms with Crippen molar-refractivity contribution in [2.45, 2.75) is 63.5 Å². The number of piperidine rings is 3. The van der Waals surface area contributed by atoms with Crippen LogP contribution < -0.4 is 26.0 Å². The minimum Gasteiger partial charge on any atom is -0.495 e. The number of ether oxygens (including phenoxy) is 1. The summed E-state index contributed by atoms with van der Waals surface area (Å²) in [6.45, 7) is 10.8. The Labute approximate surface area is 369 Å². The maximum Gasteiger partial charge on any atom is 0.253 e. The Morgan fingerprint density at radius 3 is 2.35 bits per heavy atom. The van der Waals surface area contributed by atoms with Crippen molar-refractivity contribution in [3.63, 3.8) is 0 Å². The molecule has 0 saturated carbocycles. The van der Waals surface area contributed by atoms with Crippen molar-refractivity contribution in [2.24, 2.45) is 13.0 Å². The van der Waals surface area contributed by atoms with E-state index in [1.807, 2.05) is 53.7 Å². The summed E-state index contributed by atoms with van der Waals surface area (Å²) in [5, 5.41) is 6.79. The Morgan fingerprint density at radius 1 is 0.889 bits per heavy atom. The van der Waals surface area contributed by atoms with Gasteiger partial charge in [0.25, 0.3) is 5.91 Å². The summed E-state index contributed by atoms with van der Waals surface area (Å²) in [7, 11) is 3.75. The van der Waals surface area contributed by atoms with Crippen LogP contribution in [0.3, 0.4) is 0 Å². The summed E-state index contributed by atoms with van der Waals surface area (Å²) in [4.78, 5) is 56.1. The molecule has 2 aromatic carbocycles. The summed E-state index contributed by atoms with van der Waals surface area (Å²) in [5.41, 5.74) is 14.2. The van der Waals surface area contributed by atoms with Gasteiger partial charge in [-0.1, -0.05) is 12.1 Å². The molecule has 3 amide bonds. The molecule has 4 fully saturated rings. The molecule has 5 aromatic rings. The standard InChI is InChI=1S/C49H60N10O4/c1-32(43-29-40-39(14-19-51-47(40)55(43)2)37-8-12-45(50)52-30-37)57-22-17-35(18-23-57)34-4-6-36(7-5-34)49(62)59-20-15-33(16-21-59)31-56-24-26-58(27-25-56)38-9-10-41(44(28-38)63-3)53-42-11-13-46(60)54-48(42)61/h4-10,12,14,19,28-30,32-33,35,42,53H,11,13,15-18,20-27,31H2,1-3H3,(H2,50,52)(H,54,60,61)/t32-,42?/m0/s1. The van der Waals surface area contributed by atoms with Gasteiger partial charge in [-0.25, -0.2) is 9.97 Å². The highest BCUT2D eigenvalue weighted by molar-refractivity contribution is 6.01. The number of imide groups is 1. The number of aromatic nitrogens is 3. The number of amides is 3. The molecule has 1 unspecified atom stereocenters. The van der Waals surface area contributed by atoms with Gasteiger partial charge in [0, 0.05) is 112 Å². The number of nitrogens with two attached hydrogens (primary N) is 1. The SMILES string of the molecule is COc1cc(N2CCN(CC3CCN(C(=O)c4ccc(C5CCN([C@@H](C)c6cc7c(-c8ccc(N)nc8)ccnc7n6C)CC5)cc4)CC3)CC2)ccc1NC1CCC(=O)NC1=O. The van der Waals surface area contributed by atoms with Gasteiger partial charge >= 0.3 is 0 Å². The van der Waals surface area contributed by atoms with Crippen molar-refractivity contribution in [2.75, 3.05) is 82.0 Å². The Hall–Kier alpha value is -5.99. The number of methoxy groups -OCH3 is 1. The second-order valence-corrected chi connectivity index (χ2v) is 17.9. The van der Waals surface area contributed by atoms with E-state index in [0.717, 1.165) is 124 Å². The number of piperazine rings is 1. The average molecular weight is 853 g/mol. The van der Waals surface area contributed by atoms with E-state index < -0.39 is 6.04 Å². The Kier molecular flexibility index (Phi) is 12.4. The summed E-state index contributed by atoms with van der Waals surface area (Å²) in [5.74, 6) is 1.87. The number of aryl methyl sites for hydroxylation is 1. The number of anilines is 3. The Morgan fingerprint density at radius 2 is 1.65 bits per heavy atom. The monoisotopic (exact) mass is 852 g/mol. The zero-order valence-electron chi connectivity index (χ0n) is 36.8. The molecule has 14 nitrogen and oxygen atoms in total. The normalized spacial score (nSPS) is 20.2. The van der Waals surface area contributed by atoms with Crippen molar-refractivity contribution >= 4 is 45.9 Å². The van der Waals surface area contributed by atoms with Gasteiger partial charge in [-0.3, -0.25) is 29.5 Å². The fourth-order valence-corrected chi connectivity index (χ4v) is 10.2. The van der Waals surface area contributed by atoms with Crippen LogP contribution >= 0.6 is 0 Å². The van der Waals surface area contributed by atoms with E-state index in [0.29, 0.717) is 36.2 Å². The lowest BCUT2D eigenvalue weighted by Crippen LogP contribution is -2.49. The topological polar surface area (TPSA) is 154 Å². The quantitative estimate of drug-likeness (QED) is 0.133. The molecular formula is C49H60N10O4. The Bertz CT molecular complexity index is 2430. The van der Waals surface area contributed by atoms with Crippen LogP contribution in [0.15, 0.2) is 79.1 Å². The van der Waals surface area contributed by atoms with E-state index in [1.54, 1.807) is 7.11 Å². The number of nitrogens with one attached hydrogen (secondary N) is 2. The van der Waals surface area contributed by atoms with E-state index in [1.165, 1.54) is 11.3 Å². The lowest BCUT2D eigenvalue weighted by molar-refractivity contribution is -0.133. The fourth-order valence-electron chi connectivity index (χ4n) is 10.2. The summed E-state index contributed by atoms with van der Waals surface area (Å²) in [6.07, 6.45) is 8.70. The highest BCUT2D eigenvalue weighted by Gasteiger charge is 2.31. The largest absolute Gasteiger partial charge is 0.495 e. The van der Waals surface area contributed by atoms with Crippen LogP contribution in [0.5, 0.6) is 5.75 Å². The van der Waals surface area contributed by atoms with Gasteiger partial charge < -0.3 is 30.2 Å². The van der Waals surface area contributed by atoms with Crippen molar-refractivity contribution in [1.82, 2.24) is 34.6 Å². The molecule has 4 N–H and O–H groups in total. The number of nitrogen functional groups attached to an aromatic ring is 1. The minimum absolute atomic E-state index is 0.145. The molecule has 63 heavy (non-hydrogen) atoms. The van der Waals surface area contributed by atoms with E-state index in [2.05, 4.69) is 79.2 Å². The van der Waals surface area contributed by atoms with E-state index in [-0.39, 0.29) is 23.8 Å². The zero-order chi connectivity index (χ0) is 43.6. The molecule has 4 aliphatic heterocycles. The molecule has 9 rings (SSSR count). The molecule has 330 valence electrons. The number of nitrogens with zero attached hydrogens (tertiary/aromatic N) is 7. The molecular weight excluding hydrogens is 793 g/mol. The first-order chi connectivity index (χ1) is 30.6. The molecule has 4 aliphatic rings. The lowest BCUT2D eigenvalue weighted by Gasteiger charge is -2.39. The summed E-state index contributed by atoms with van der Waals surface area (Å²) in [6, 6.07) is 22.5. The van der Waals surface area contributed by atoms with Crippen LogP contribution in [-0.2, 0) is 16.6 Å². The van der Waals surface area contributed by atoms with E-state index in [9.17, 15) is 14.4 Å². The number of carbonyl (C=O) groups is 3. The molecule has 14 heteroatoms. The smallest absolute Gasteiger partial charge is 0.253 e. The second-order valence-electron chi connectivity index (χ2n) is 17.9. The minimum atomic E-state index is -0.462. The first-order valence-electron chi connectivity index (χ1n) is 22.7. The molecule has 0 bridgehead atoms. The lowest BCUT2D eigenvalue weighted by atomic mass is 9.88. The number of pyridine rings is 2. The van der Waals surface area contributed by atoms with Gasteiger partial charge in [0.05, 0.1) is 12.8 Å². The third-order valence-electron chi connectivity index (χ3n) is 14.1. The summed E-state index contributed by atoms with van der Waals surface area (Å²) < 4.78 is 7.92.